The molecule has 2 rings (SSSR count). The summed E-state index contributed by atoms with van der Waals surface area (Å²) >= 11 is 0. The van der Waals surface area contributed by atoms with Gasteiger partial charge in [-0.25, -0.2) is 9.18 Å². The summed E-state index contributed by atoms with van der Waals surface area (Å²) in [4.78, 5) is 26.7. The third-order valence-corrected chi connectivity index (χ3v) is 5.30. The summed E-state index contributed by atoms with van der Waals surface area (Å²) in [6.07, 6.45) is 1.44. The Balaban J connectivity index is 0.00000364. The molecule has 27 heavy (non-hydrogen) atoms. The number of benzene rings is 1. The Hall–Kier alpha value is -1.86. The summed E-state index contributed by atoms with van der Waals surface area (Å²) in [6.45, 7) is 7.17. The quantitative estimate of drug-likeness (QED) is 0.710. The van der Waals surface area contributed by atoms with Crippen LogP contribution in [0.5, 0.6) is 0 Å². The highest BCUT2D eigenvalue weighted by Crippen LogP contribution is 2.22. The molecule has 1 aliphatic heterocycles. The van der Waals surface area contributed by atoms with Crippen LogP contribution in [0.25, 0.3) is 0 Å². The number of urea groups is 1. The van der Waals surface area contributed by atoms with Gasteiger partial charge in [-0.15, -0.1) is 12.4 Å². The van der Waals surface area contributed by atoms with Crippen molar-refractivity contribution in [3.05, 3.63) is 30.1 Å². The first-order valence-corrected chi connectivity index (χ1v) is 9.09. The molecule has 152 valence electrons. The molecular weight excluding hydrogens is 371 g/mol. The van der Waals surface area contributed by atoms with Gasteiger partial charge in [0.1, 0.15) is 5.82 Å². The van der Waals surface area contributed by atoms with Gasteiger partial charge in [0, 0.05) is 19.6 Å². The van der Waals surface area contributed by atoms with Crippen molar-refractivity contribution >= 4 is 30.0 Å². The zero-order valence-corrected chi connectivity index (χ0v) is 16.9. The van der Waals surface area contributed by atoms with Crippen molar-refractivity contribution < 1.29 is 14.0 Å². The van der Waals surface area contributed by atoms with Gasteiger partial charge in [0.2, 0.25) is 5.91 Å². The van der Waals surface area contributed by atoms with Crippen LogP contribution >= 0.6 is 12.4 Å². The first kappa shape index (κ1) is 23.2. The molecule has 1 heterocycles. The van der Waals surface area contributed by atoms with E-state index < -0.39 is 17.4 Å². The minimum Gasteiger partial charge on any atom is -0.349 e. The Morgan fingerprint density at radius 3 is 2.63 bits per heavy atom. The topological polar surface area (TPSA) is 87.5 Å². The highest BCUT2D eigenvalue weighted by Gasteiger charge is 2.34. The van der Waals surface area contributed by atoms with E-state index in [1.165, 1.54) is 12.1 Å². The van der Waals surface area contributed by atoms with Crippen molar-refractivity contribution in [1.82, 2.24) is 10.2 Å². The third kappa shape index (κ3) is 5.81. The number of amides is 3. The minimum absolute atomic E-state index is 0. The number of halogens is 2. The van der Waals surface area contributed by atoms with Crippen molar-refractivity contribution in [2.75, 3.05) is 25.0 Å². The molecule has 0 saturated carbocycles. The van der Waals surface area contributed by atoms with E-state index in [-0.39, 0.29) is 35.8 Å². The largest absolute Gasteiger partial charge is 0.349 e. The molecule has 1 fully saturated rings. The molecule has 2 unspecified atom stereocenters. The molecule has 0 aromatic heterocycles. The average Bonchev–Trinajstić information content (AvgIpc) is 2.63. The first-order chi connectivity index (χ1) is 12.3. The monoisotopic (exact) mass is 400 g/mol. The fourth-order valence-electron chi connectivity index (χ4n) is 2.95. The number of anilines is 1. The lowest BCUT2D eigenvalue weighted by atomic mass is 9.87. The van der Waals surface area contributed by atoms with E-state index in [1.54, 1.807) is 17.0 Å². The van der Waals surface area contributed by atoms with Crippen LogP contribution < -0.4 is 16.4 Å². The molecule has 2 atom stereocenters. The SMILES string of the molecule is CC(C)C(C)(CN)NC(=O)C1CCCN(C(=O)Nc2ccccc2F)C1.Cl. The molecule has 0 aliphatic carbocycles. The van der Waals surface area contributed by atoms with Gasteiger partial charge in [-0.05, 0) is 37.8 Å². The molecule has 8 heteroatoms. The molecule has 4 N–H and O–H groups in total. The van der Waals surface area contributed by atoms with Gasteiger partial charge in [0.25, 0.3) is 0 Å². The summed E-state index contributed by atoms with van der Waals surface area (Å²) in [5.41, 5.74) is 5.50. The molecule has 6 nitrogen and oxygen atoms in total. The predicted octanol–water partition coefficient (Wildman–Crippen LogP) is 2.98. The first-order valence-electron chi connectivity index (χ1n) is 9.09. The van der Waals surface area contributed by atoms with Crippen molar-refractivity contribution in [3.8, 4) is 0 Å². The van der Waals surface area contributed by atoms with E-state index in [4.69, 9.17) is 5.73 Å². The molecular formula is C19H30ClFN4O2. The second kappa shape index (κ2) is 9.90. The lowest BCUT2D eigenvalue weighted by molar-refractivity contribution is -0.128. The predicted molar refractivity (Wildman–Crippen MR) is 107 cm³/mol. The van der Waals surface area contributed by atoms with Gasteiger partial charge in [-0.3, -0.25) is 4.79 Å². The van der Waals surface area contributed by atoms with Gasteiger partial charge in [-0.2, -0.15) is 0 Å². The lowest BCUT2D eigenvalue weighted by Crippen LogP contribution is -2.58. The maximum absolute atomic E-state index is 13.7. The van der Waals surface area contributed by atoms with Gasteiger partial charge < -0.3 is 21.3 Å². The number of nitrogens with zero attached hydrogens (tertiary/aromatic N) is 1. The van der Waals surface area contributed by atoms with Crippen LogP contribution in [-0.4, -0.2) is 42.0 Å². The van der Waals surface area contributed by atoms with Crippen LogP contribution in [0.2, 0.25) is 0 Å². The number of piperidine rings is 1. The summed E-state index contributed by atoms with van der Waals surface area (Å²) < 4.78 is 13.7. The standard InChI is InChI=1S/C19H29FN4O2.ClH/c1-13(2)19(3,12-21)23-17(25)14-7-6-10-24(11-14)18(26)22-16-9-5-4-8-15(16)20;/h4-5,8-9,13-14H,6-7,10-12,21H2,1-3H3,(H,22,26)(H,23,25);1H. The molecule has 0 bridgehead atoms. The molecule has 3 amide bonds. The average molecular weight is 401 g/mol. The Morgan fingerprint density at radius 1 is 1.37 bits per heavy atom. The Bertz CT molecular complexity index is 658. The number of carbonyl (C=O) groups excluding carboxylic acids is 2. The number of hydrogen-bond donors (Lipinski definition) is 3. The smallest absolute Gasteiger partial charge is 0.321 e. The highest BCUT2D eigenvalue weighted by atomic mass is 35.5. The Labute approximate surface area is 166 Å². The zero-order chi connectivity index (χ0) is 19.3. The number of likely N-dealkylation sites (tertiary alicyclic amines) is 1. The molecule has 1 aliphatic rings. The number of para-hydroxylation sites is 1. The van der Waals surface area contributed by atoms with Gasteiger partial charge in [0.05, 0.1) is 17.1 Å². The van der Waals surface area contributed by atoms with Crippen LogP contribution in [0, 0.1) is 17.7 Å². The van der Waals surface area contributed by atoms with E-state index in [1.807, 2.05) is 20.8 Å². The number of rotatable bonds is 5. The summed E-state index contributed by atoms with van der Waals surface area (Å²) in [5, 5.41) is 5.63. The highest BCUT2D eigenvalue weighted by molar-refractivity contribution is 5.90. The molecule has 1 saturated heterocycles. The van der Waals surface area contributed by atoms with Gasteiger partial charge >= 0.3 is 6.03 Å². The van der Waals surface area contributed by atoms with Gasteiger partial charge in [-0.1, -0.05) is 26.0 Å². The number of carbonyl (C=O) groups is 2. The fourth-order valence-corrected chi connectivity index (χ4v) is 2.95. The Kier molecular flexibility index (Phi) is 8.50. The van der Waals surface area contributed by atoms with Crippen molar-refractivity contribution in [2.24, 2.45) is 17.6 Å². The second-order valence-corrected chi connectivity index (χ2v) is 7.46. The van der Waals surface area contributed by atoms with E-state index in [0.717, 1.165) is 6.42 Å². The Morgan fingerprint density at radius 2 is 2.04 bits per heavy atom. The second-order valence-electron chi connectivity index (χ2n) is 7.46. The third-order valence-electron chi connectivity index (χ3n) is 5.30. The van der Waals surface area contributed by atoms with Crippen LogP contribution in [0.1, 0.15) is 33.6 Å². The fraction of sp³-hybridized carbons (Fsp3) is 0.579. The van der Waals surface area contributed by atoms with Crippen molar-refractivity contribution in [2.45, 2.75) is 39.2 Å². The van der Waals surface area contributed by atoms with Crippen LogP contribution in [-0.2, 0) is 4.79 Å². The number of nitrogens with two attached hydrogens (primary N) is 1. The molecule has 0 spiro atoms. The van der Waals surface area contributed by atoms with Crippen LogP contribution in [0.4, 0.5) is 14.9 Å². The maximum Gasteiger partial charge on any atom is 0.321 e. The molecule has 0 radical (unpaired) electrons. The zero-order valence-electron chi connectivity index (χ0n) is 16.1. The van der Waals surface area contributed by atoms with E-state index in [2.05, 4.69) is 10.6 Å². The normalized spacial score (nSPS) is 19.0. The summed E-state index contributed by atoms with van der Waals surface area (Å²) in [6, 6.07) is 5.64. The number of nitrogens with one attached hydrogen (secondary N) is 2. The maximum atomic E-state index is 13.7. The van der Waals surface area contributed by atoms with Crippen LogP contribution in [0.15, 0.2) is 24.3 Å². The summed E-state index contributed by atoms with van der Waals surface area (Å²) in [7, 11) is 0. The summed E-state index contributed by atoms with van der Waals surface area (Å²) in [5.74, 6) is -0.668. The molecule has 1 aromatic carbocycles. The van der Waals surface area contributed by atoms with E-state index in [0.29, 0.717) is 26.1 Å². The molecule has 1 aromatic rings. The van der Waals surface area contributed by atoms with E-state index in [9.17, 15) is 14.0 Å². The van der Waals surface area contributed by atoms with E-state index >= 15 is 0 Å². The van der Waals surface area contributed by atoms with Crippen molar-refractivity contribution in [1.29, 1.82) is 0 Å². The minimum atomic E-state index is -0.484. The number of hydrogen-bond acceptors (Lipinski definition) is 3. The lowest BCUT2D eigenvalue weighted by Gasteiger charge is -2.37. The van der Waals surface area contributed by atoms with Crippen molar-refractivity contribution in [3.63, 3.8) is 0 Å². The van der Waals surface area contributed by atoms with Gasteiger partial charge in [0.15, 0.2) is 0 Å². The van der Waals surface area contributed by atoms with Crippen LogP contribution in [0.3, 0.4) is 0 Å².